The van der Waals surface area contributed by atoms with Crippen LogP contribution in [0.25, 0.3) is 21.5 Å². The third kappa shape index (κ3) is 2.66. The van der Waals surface area contributed by atoms with E-state index in [1.54, 1.807) is 42.8 Å². The molecular formula is C16H13N3O3S. The second-order valence-electron chi connectivity index (χ2n) is 4.65. The van der Waals surface area contributed by atoms with Crippen LogP contribution in [0.4, 0.5) is 0 Å². The molecule has 0 aliphatic heterocycles. The zero-order chi connectivity index (χ0) is 16.4. The van der Waals surface area contributed by atoms with Crippen LogP contribution in [0.2, 0.25) is 0 Å². The molecule has 116 valence electrons. The molecule has 2 N–H and O–H groups in total. The zero-order valence-electron chi connectivity index (χ0n) is 12.3. The van der Waals surface area contributed by atoms with Gasteiger partial charge in [-0.15, -0.1) is 11.3 Å². The first kappa shape index (κ1) is 15.1. The monoisotopic (exact) mass is 327 g/mol. The molecule has 1 amide bonds. The van der Waals surface area contributed by atoms with Gasteiger partial charge in [0.05, 0.1) is 23.3 Å². The largest absolute Gasteiger partial charge is 0.462 e. The minimum absolute atomic E-state index is 0.0155. The van der Waals surface area contributed by atoms with Crippen LogP contribution in [0, 0.1) is 0 Å². The second kappa shape index (κ2) is 6.13. The number of benzene rings is 1. The van der Waals surface area contributed by atoms with Gasteiger partial charge in [0.1, 0.15) is 10.7 Å². The molecule has 3 rings (SSSR count). The summed E-state index contributed by atoms with van der Waals surface area (Å²) in [7, 11) is 0. The predicted molar refractivity (Wildman–Crippen MR) is 87.3 cm³/mol. The summed E-state index contributed by atoms with van der Waals surface area (Å²) in [5.74, 6) is -1.25. The Balaban J connectivity index is 2.44. The molecule has 2 heterocycles. The van der Waals surface area contributed by atoms with Crippen molar-refractivity contribution >= 4 is 34.1 Å². The number of para-hydroxylation sites is 1. The van der Waals surface area contributed by atoms with E-state index >= 15 is 0 Å². The molecule has 0 saturated carbocycles. The van der Waals surface area contributed by atoms with Crippen LogP contribution in [0.5, 0.6) is 0 Å². The topological polar surface area (TPSA) is 95.2 Å². The van der Waals surface area contributed by atoms with Crippen molar-refractivity contribution in [2.75, 3.05) is 6.61 Å². The summed E-state index contributed by atoms with van der Waals surface area (Å²) in [6, 6.07) is 7.05. The van der Waals surface area contributed by atoms with Gasteiger partial charge >= 0.3 is 5.97 Å². The predicted octanol–water partition coefficient (Wildman–Crippen LogP) is 2.63. The van der Waals surface area contributed by atoms with E-state index in [9.17, 15) is 9.59 Å². The van der Waals surface area contributed by atoms with Gasteiger partial charge < -0.3 is 10.5 Å². The Kier molecular flexibility index (Phi) is 4.03. The Bertz CT molecular complexity index is 891. The van der Waals surface area contributed by atoms with Crippen LogP contribution in [0.15, 0.2) is 35.8 Å². The molecule has 0 aliphatic rings. The smallest absolute Gasteiger partial charge is 0.339 e. The van der Waals surface area contributed by atoms with Crippen LogP contribution in [0.1, 0.15) is 27.8 Å². The van der Waals surface area contributed by atoms with E-state index in [0.717, 1.165) is 0 Å². The van der Waals surface area contributed by atoms with Gasteiger partial charge in [-0.05, 0) is 13.0 Å². The maximum Gasteiger partial charge on any atom is 0.339 e. The fourth-order valence-electron chi connectivity index (χ4n) is 2.36. The van der Waals surface area contributed by atoms with E-state index in [4.69, 9.17) is 10.5 Å². The standard InChI is InChI=1S/C16H13N3O3S/c1-2-22-16(21)11-9-5-3-4-6-10(9)19-13(14(17)20)12(11)15-18-7-8-23-15/h3-8H,2H2,1H3,(H2,17,20). The molecule has 23 heavy (non-hydrogen) atoms. The van der Waals surface area contributed by atoms with Crippen molar-refractivity contribution in [3.63, 3.8) is 0 Å². The number of primary amides is 1. The summed E-state index contributed by atoms with van der Waals surface area (Å²) in [4.78, 5) is 32.9. The fourth-order valence-corrected chi connectivity index (χ4v) is 3.05. The molecule has 0 spiro atoms. The van der Waals surface area contributed by atoms with E-state index in [2.05, 4.69) is 9.97 Å². The van der Waals surface area contributed by atoms with Gasteiger partial charge in [0.2, 0.25) is 0 Å². The molecule has 0 fully saturated rings. The number of rotatable bonds is 4. The molecule has 0 bridgehead atoms. The molecule has 0 saturated heterocycles. The SMILES string of the molecule is CCOC(=O)c1c(-c2nccs2)c(C(N)=O)nc2ccccc12. The first-order valence-corrected chi connectivity index (χ1v) is 7.81. The molecule has 0 atom stereocenters. The Morgan fingerprint density at radius 3 is 2.74 bits per heavy atom. The highest BCUT2D eigenvalue weighted by Crippen LogP contribution is 2.33. The number of fused-ring (bicyclic) bond motifs is 1. The first-order valence-electron chi connectivity index (χ1n) is 6.93. The van der Waals surface area contributed by atoms with Gasteiger partial charge in [0, 0.05) is 17.0 Å². The summed E-state index contributed by atoms with van der Waals surface area (Å²) in [5, 5.41) is 2.85. The third-order valence-corrected chi connectivity index (χ3v) is 4.04. The molecule has 0 radical (unpaired) electrons. The van der Waals surface area contributed by atoms with Crippen molar-refractivity contribution < 1.29 is 14.3 Å². The maximum atomic E-state index is 12.5. The van der Waals surface area contributed by atoms with E-state index < -0.39 is 11.9 Å². The minimum Gasteiger partial charge on any atom is -0.462 e. The highest BCUT2D eigenvalue weighted by Gasteiger charge is 2.26. The van der Waals surface area contributed by atoms with Crippen molar-refractivity contribution in [1.82, 2.24) is 9.97 Å². The summed E-state index contributed by atoms with van der Waals surface area (Å²) < 4.78 is 5.17. The van der Waals surface area contributed by atoms with E-state index in [0.29, 0.717) is 21.5 Å². The number of aromatic nitrogens is 2. The van der Waals surface area contributed by atoms with E-state index in [1.165, 1.54) is 11.3 Å². The normalized spacial score (nSPS) is 10.7. The Morgan fingerprint density at radius 2 is 2.09 bits per heavy atom. The highest BCUT2D eigenvalue weighted by molar-refractivity contribution is 7.13. The maximum absolute atomic E-state index is 12.5. The van der Waals surface area contributed by atoms with Crippen molar-refractivity contribution in [2.24, 2.45) is 5.73 Å². The average molecular weight is 327 g/mol. The number of hydrogen-bond acceptors (Lipinski definition) is 6. The molecule has 0 aliphatic carbocycles. The van der Waals surface area contributed by atoms with Crippen LogP contribution in [0.3, 0.4) is 0 Å². The fraction of sp³-hybridized carbons (Fsp3) is 0.125. The van der Waals surface area contributed by atoms with Crippen molar-refractivity contribution in [2.45, 2.75) is 6.92 Å². The van der Waals surface area contributed by atoms with Gasteiger partial charge in [-0.25, -0.2) is 14.8 Å². The third-order valence-electron chi connectivity index (χ3n) is 3.25. The summed E-state index contributed by atoms with van der Waals surface area (Å²) in [6.07, 6.45) is 1.59. The first-order chi connectivity index (χ1) is 11.1. The summed E-state index contributed by atoms with van der Waals surface area (Å²) >= 11 is 1.30. The Morgan fingerprint density at radius 1 is 1.30 bits per heavy atom. The summed E-state index contributed by atoms with van der Waals surface area (Å²) in [5.41, 5.74) is 6.59. The number of carbonyl (C=O) groups excluding carboxylic acids is 2. The van der Waals surface area contributed by atoms with Gasteiger partial charge in [0.15, 0.2) is 0 Å². The van der Waals surface area contributed by atoms with Gasteiger partial charge in [-0.2, -0.15) is 0 Å². The van der Waals surface area contributed by atoms with Crippen LogP contribution in [-0.4, -0.2) is 28.5 Å². The molecule has 1 aromatic carbocycles. The number of thiazole rings is 1. The molecule has 0 unspecified atom stereocenters. The van der Waals surface area contributed by atoms with Gasteiger partial charge in [-0.3, -0.25) is 4.79 Å². The quantitative estimate of drug-likeness (QED) is 0.743. The molecule has 6 nitrogen and oxygen atoms in total. The number of nitrogens with zero attached hydrogens (tertiary/aromatic N) is 2. The Labute approximate surface area is 135 Å². The van der Waals surface area contributed by atoms with E-state index in [1.807, 2.05) is 0 Å². The van der Waals surface area contributed by atoms with Crippen LogP contribution in [-0.2, 0) is 4.74 Å². The molecule has 3 aromatic rings. The molecule has 7 heteroatoms. The second-order valence-corrected chi connectivity index (χ2v) is 5.54. The number of amides is 1. The van der Waals surface area contributed by atoms with Crippen molar-refractivity contribution in [1.29, 1.82) is 0 Å². The average Bonchev–Trinajstić information content (AvgIpc) is 3.07. The lowest BCUT2D eigenvalue weighted by atomic mass is 10.00. The number of esters is 1. The van der Waals surface area contributed by atoms with Gasteiger partial charge in [-0.1, -0.05) is 18.2 Å². The number of hydrogen-bond donors (Lipinski definition) is 1. The lowest BCUT2D eigenvalue weighted by Gasteiger charge is -2.13. The molecular weight excluding hydrogens is 314 g/mol. The number of carbonyl (C=O) groups is 2. The minimum atomic E-state index is -0.716. The van der Waals surface area contributed by atoms with Crippen LogP contribution < -0.4 is 5.73 Å². The summed E-state index contributed by atoms with van der Waals surface area (Å²) in [6.45, 7) is 1.94. The van der Waals surface area contributed by atoms with Gasteiger partial charge in [0.25, 0.3) is 5.91 Å². The Hall–Kier alpha value is -2.80. The lowest BCUT2D eigenvalue weighted by Crippen LogP contribution is -2.18. The number of ether oxygens (including phenoxy) is 1. The van der Waals surface area contributed by atoms with E-state index in [-0.39, 0.29) is 17.9 Å². The lowest BCUT2D eigenvalue weighted by molar-refractivity contribution is 0.0529. The van der Waals surface area contributed by atoms with Crippen molar-refractivity contribution in [3.8, 4) is 10.6 Å². The number of nitrogens with two attached hydrogens (primary N) is 1. The zero-order valence-corrected chi connectivity index (χ0v) is 13.1. The highest BCUT2D eigenvalue weighted by atomic mass is 32.1. The van der Waals surface area contributed by atoms with Crippen molar-refractivity contribution in [3.05, 3.63) is 47.1 Å². The molecule has 2 aromatic heterocycles. The number of pyridine rings is 1. The van der Waals surface area contributed by atoms with Crippen LogP contribution >= 0.6 is 11.3 Å².